The van der Waals surface area contributed by atoms with Crippen LogP contribution < -0.4 is 5.73 Å². The van der Waals surface area contributed by atoms with Gasteiger partial charge in [-0.1, -0.05) is 20.8 Å². The normalized spacial score (nSPS) is 39.5. The molecular formula is C14H27NO2. The van der Waals surface area contributed by atoms with Gasteiger partial charge in [0.1, 0.15) is 0 Å². The number of hydrogen-bond acceptors (Lipinski definition) is 3. The fraction of sp³-hybridized carbons (Fsp3) is 1.00. The van der Waals surface area contributed by atoms with Crippen LogP contribution in [0, 0.1) is 17.3 Å². The van der Waals surface area contributed by atoms with Crippen LogP contribution in [0.25, 0.3) is 0 Å². The maximum atomic E-state index is 5.82. The molecule has 100 valence electrons. The molecule has 1 saturated carbocycles. The lowest BCUT2D eigenvalue weighted by Gasteiger charge is -2.38. The Bertz CT molecular complexity index is 241. The lowest BCUT2D eigenvalue weighted by Crippen LogP contribution is -2.32. The molecule has 1 saturated heterocycles. The third kappa shape index (κ3) is 3.21. The summed E-state index contributed by atoms with van der Waals surface area (Å²) in [6.07, 6.45) is 5.24. The Kier molecular flexibility index (Phi) is 4.11. The van der Waals surface area contributed by atoms with E-state index in [9.17, 15) is 0 Å². The summed E-state index contributed by atoms with van der Waals surface area (Å²) in [5, 5.41) is 0. The second kappa shape index (κ2) is 5.25. The molecule has 0 aromatic heterocycles. The summed E-state index contributed by atoms with van der Waals surface area (Å²) in [5.74, 6) is 1.44. The summed E-state index contributed by atoms with van der Waals surface area (Å²) in [7, 11) is 0. The smallest absolute Gasteiger partial charge is 0.161 e. The zero-order valence-electron chi connectivity index (χ0n) is 11.4. The van der Waals surface area contributed by atoms with E-state index in [0.717, 1.165) is 5.92 Å². The van der Waals surface area contributed by atoms with Gasteiger partial charge in [-0.3, -0.25) is 0 Å². The summed E-state index contributed by atoms with van der Waals surface area (Å²) in [4.78, 5) is 0. The van der Waals surface area contributed by atoms with Crippen LogP contribution in [0.2, 0.25) is 0 Å². The van der Waals surface area contributed by atoms with E-state index in [1.165, 1.54) is 25.7 Å². The monoisotopic (exact) mass is 241 g/mol. The summed E-state index contributed by atoms with van der Waals surface area (Å²) < 4.78 is 11.5. The van der Waals surface area contributed by atoms with Crippen LogP contribution in [0.3, 0.4) is 0 Å². The highest BCUT2D eigenvalue weighted by Crippen LogP contribution is 2.42. The predicted octanol–water partition coefficient (Wildman–Crippen LogP) is 2.54. The number of ether oxygens (including phenoxy) is 2. The van der Waals surface area contributed by atoms with E-state index >= 15 is 0 Å². The Morgan fingerprint density at radius 1 is 1.12 bits per heavy atom. The van der Waals surface area contributed by atoms with Gasteiger partial charge in [0.25, 0.3) is 0 Å². The molecule has 2 N–H and O–H groups in total. The molecule has 0 radical (unpaired) electrons. The van der Waals surface area contributed by atoms with Crippen LogP contribution in [-0.2, 0) is 9.47 Å². The standard InChI is InChI=1S/C14H27NO2/c1-14(2,3)11-6-4-10(5-7-11)13-16-9-12(8-15)17-13/h10-13H,4-9,15H2,1-3H3. The minimum Gasteiger partial charge on any atom is -0.350 e. The van der Waals surface area contributed by atoms with Gasteiger partial charge in [-0.05, 0) is 37.0 Å². The van der Waals surface area contributed by atoms with Gasteiger partial charge < -0.3 is 15.2 Å². The van der Waals surface area contributed by atoms with E-state index in [1.54, 1.807) is 0 Å². The topological polar surface area (TPSA) is 44.5 Å². The molecule has 0 aromatic carbocycles. The van der Waals surface area contributed by atoms with Gasteiger partial charge in [-0.2, -0.15) is 0 Å². The molecule has 2 fully saturated rings. The van der Waals surface area contributed by atoms with Gasteiger partial charge >= 0.3 is 0 Å². The lowest BCUT2D eigenvalue weighted by molar-refractivity contribution is -0.109. The molecule has 3 heteroatoms. The van der Waals surface area contributed by atoms with Crippen LogP contribution in [0.15, 0.2) is 0 Å². The van der Waals surface area contributed by atoms with Crippen molar-refractivity contribution in [1.29, 1.82) is 0 Å². The van der Waals surface area contributed by atoms with Crippen molar-refractivity contribution < 1.29 is 9.47 Å². The summed E-state index contributed by atoms with van der Waals surface area (Å²) >= 11 is 0. The third-order valence-corrected chi connectivity index (χ3v) is 4.42. The first kappa shape index (κ1) is 13.3. The highest BCUT2D eigenvalue weighted by molar-refractivity contribution is 4.83. The largest absolute Gasteiger partial charge is 0.350 e. The van der Waals surface area contributed by atoms with E-state index in [0.29, 0.717) is 24.5 Å². The number of rotatable bonds is 2. The van der Waals surface area contributed by atoms with Gasteiger partial charge in [0.05, 0.1) is 12.7 Å². The van der Waals surface area contributed by atoms with Crippen molar-refractivity contribution in [2.24, 2.45) is 23.0 Å². The van der Waals surface area contributed by atoms with E-state index in [4.69, 9.17) is 15.2 Å². The van der Waals surface area contributed by atoms with Crippen LogP contribution >= 0.6 is 0 Å². The molecule has 1 aliphatic heterocycles. The van der Waals surface area contributed by atoms with Gasteiger partial charge in [-0.25, -0.2) is 0 Å². The van der Waals surface area contributed by atoms with Crippen LogP contribution in [-0.4, -0.2) is 25.5 Å². The Labute approximate surface area is 105 Å². The van der Waals surface area contributed by atoms with E-state index in [2.05, 4.69) is 20.8 Å². The van der Waals surface area contributed by atoms with Crippen molar-refractivity contribution in [3.8, 4) is 0 Å². The minimum atomic E-state index is 0.0180. The predicted molar refractivity (Wildman–Crippen MR) is 68.6 cm³/mol. The van der Waals surface area contributed by atoms with Gasteiger partial charge in [0.15, 0.2) is 6.29 Å². The molecule has 17 heavy (non-hydrogen) atoms. The number of nitrogens with two attached hydrogens (primary N) is 1. The van der Waals surface area contributed by atoms with Crippen molar-refractivity contribution in [3.05, 3.63) is 0 Å². The first-order valence-electron chi connectivity index (χ1n) is 6.98. The van der Waals surface area contributed by atoms with E-state index in [1.807, 2.05) is 0 Å². The molecule has 0 spiro atoms. The third-order valence-electron chi connectivity index (χ3n) is 4.42. The molecule has 0 amide bonds. The van der Waals surface area contributed by atoms with Crippen molar-refractivity contribution >= 4 is 0 Å². The second-order valence-electron chi connectivity index (χ2n) is 6.67. The Morgan fingerprint density at radius 3 is 2.24 bits per heavy atom. The highest BCUT2D eigenvalue weighted by Gasteiger charge is 2.37. The van der Waals surface area contributed by atoms with Crippen LogP contribution in [0.5, 0.6) is 0 Å². The first-order chi connectivity index (χ1) is 8.00. The van der Waals surface area contributed by atoms with Gasteiger partial charge in [-0.15, -0.1) is 0 Å². The first-order valence-corrected chi connectivity index (χ1v) is 6.98. The Morgan fingerprint density at radius 2 is 1.76 bits per heavy atom. The second-order valence-corrected chi connectivity index (χ2v) is 6.67. The van der Waals surface area contributed by atoms with E-state index < -0.39 is 0 Å². The Hall–Kier alpha value is -0.120. The maximum Gasteiger partial charge on any atom is 0.161 e. The molecule has 2 aliphatic rings. The fourth-order valence-electron chi connectivity index (χ4n) is 3.10. The molecule has 3 nitrogen and oxygen atoms in total. The molecule has 2 atom stereocenters. The Balaban J connectivity index is 1.80. The van der Waals surface area contributed by atoms with E-state index in [-0.39, 0.29) is 12.4 Å². The molecular weight excluding hydrogens is 214 g/mol. The average Bonchev–Trinajstić information content (AvgIpc) is 2.76. The lowest BCUT2D eigenvalue weighted by atomic mass is 9.70. The minimum absolute atomic E-state index is 0.0180. The van der Waals surface area contributed by atoms with Gasteiger partial charge in [0, 0.05) is 12.5 Å². The molecule has 1 aliphatic carbocycles. The molecule has 0 aromatic rings. The zero-order chi connectivity index (χ0) is 12.5. The highest BCUT2D eigenvalue weighted by atomic mass is 16.7. The van der Waals surface area contributed by atoms with Crippen molar-refractivity contribution in [3.63, 3.8) is 0 Å². The van der Waals surface area contributed by atoms with Crippen LogP contribution in [0.4, 0.5) is 0 Å². The van der Waals surface area contributed by atoms with Crippen molar-refractivity contribution in [1.82, 2.24) is 0 Å². The maximum absolute atomic E-state index is 5.82. The summed E-state index contributed by atoms with van der Waals surface area (Å²) in [6.45, 7) is 8.31. The van der Waals surface area contributed by atoms with Crippen LogP contribution in [0.1, 0.15) is 46.5 Å². The number of hydrogen-bond donors (Lipinski definition) is 1. The fourth-order valence-corrected chi connectivity index (χ4v) is 3.10. The van der Waals surface area contributed by atoms with Crippen molar-refractivity contribution in [2.75, 3.05) is 13.2 Å². The van der Waals surface area contributed by atoms with Crippen molar-refractivity contribution in [2.45, 2.75) is 58.8 Å². The molecule has 1 heterocycles. The zero-order valence-corrected chi connectivity index (χ0v) is 11.4. The molecule has 2 rings (SSSR count). The quantitative estimate of drug-likeness (QED) is 0.808. The molecule has 0 bridgehead atoms. The SMILES string of the molecule is CC(C)(C)C1CCC(C2OCC(CN)O2)CC1. The molecule has 2 unspecified atom stereocenters. The summed E-state index contributed by atoms with van der Waals surface area (Å²) in [6, 6.07) is 0. The van der Waals surface area contributed by atoms with Gasteiger partial charge in [0.2, 0.25) is 0 Å². The summed E-state index contributed by atoms with van der Waals surface area (Å²) in [5.41, 5.74) is 6.05. The average molecular weight is 241 g/mol.